The molecule has 0 radical (unpaired) electrons. The quantitative estimate of drug-likeness (QED) is 0.819. The summed E-state index contributed by atoms with van der Waals surface area (Å²) >= 11 is 0. The molecule has 1 saturated heterocycles. The lowest BCUT2D eigenvalue weighted by atomic mass is 9.93. The molecule has 0 amide bonds. The van der Waals surface area contributed by atoms with Crippen LogP contribution in [0.25, 0.3) is 0 Å². The summed E-state index contributed by atoms with van der Waals surface area (Å²) in [5.74, 6) is 0.231. The minimum Gasteiger partial charge on any atom is -0.396 e. The smallest absolute Gasteiger partial charge is 0.0582 e. The fraction of sp³-hybridized carbons (Fsp3) is 0.538. The zero-order valence-corrected chi connectivity index (χ0v) is 8.93. The molecule has 1 fully saturated rings. The minimum absolute atomic E-state index is 0.212. The van der Waals surface area contributed by atoms with E-state index >= 15 is 0 Å². The Morgan fingerprint density at radius 3 is 2.73 bits per heavy atom. The van der Waals surface area contributed by atoms with Crippen LogP contribution in [0.5, 0.6) is 0 Å². The average molecular weight is 206 g/mol. The van der Waals surface area contributed by atoms with Gasteiger partial charge in [-0.25, -0.2) is 0 Å². The van der Waals surface area contributed by atoms with Gasteiger partial charge in [0.15, 0.2) is 0 Å². The van der Waals surface area contributed by atoms with Gasteiger partial charge in [0.1, 0.15) is 0 Å². The summed E-state index contributed by atoms with van der Waals surface area (Å²) in [6, 6.07) is 10.2. The highest BCUT2D eigenvalue weighted by atomic mass is 16.5. The predicted octanol–water partition coefficient (Wildman–Crippen LogP) is 2.33. The van der Waals surface area contributed by atoms with Gasteiger partial charge in [-0.2, -0.15) is 0 Å². The van der Waals surface area contributed by atoms with Crippen LogP contribution in [-0.2, 0) is 4.74 Å². The first-order valence-corrected chi connectivity index (χ1v) is 5.67. The molecule has 2 heteroatoms. The SMILES string of the molecule is OCC(CC1CCCO1)c1ccccc1. The molecule has 1 aliphatic heterocycles. The van der Waals surface area contributed by atoms with E-state index in [-0.39, 0.29) is 12.5 Å². The maximum absolute atomic E-state index is 9.38. The Bertz CT molecular complexity index is 278. The van der Waals surface area contributed by atoms with Crippen LogP contribution in [0, 0.1) is 0 Å². The third kappa shape index (κ3) is 2.80. The van der Waals surface area contributed by atoms with Crippen molar-refractivity contribution < 1.29 is 9.84 Å². The lowest BCUT2D eigenvalue weighted by Crippen LogP contribution is -2.14. The highest BCUT2D eigenvalue weighted by Gasteiger charge is 2.21. The van der Waals surface area contributed by atoms with Crippen LogP contribution in [0.2, 0.25) is 0 Å². The van der Waals surface area contributed by atoms with Crippen molar-refractivity contribution in [3.05, 3.63) is 35.9 Å². The summed E-state index contributed by atoms with van der Waals surface area (Å²) in [6.45, 7) is 1.10. The van der Waals surface area contributed by atoms with Gasteiger partial charge in [-0.3, -0.25) is 0 Å². The van der Waals surface area contributed by atoms with Crippen molar-refractivity contribution in [1.29, 1.82) is 0 Å². The maximum atomic E-state index is 9.38. The van der Waals surface area contributed by atoms with E-state index in [1.807, 2.05) is 18.2 Å². The third-order valence-electron chi connectivity index (χ3n) is 3.06. The Morgan fingerprint density at radius 2 is 2.13 bits per heavy atom. The van der Waals surface area contributed by atoms with Crippen molar-refractivity contribution in [3.63, 3.8) is 0 Å². The number of rotatable bonds is 4. The average Bonchev–Trinajstić information content (AvgIpc) is 2.80. The minimum atomic E-state index is 0.212. The summed E-state index contributed by atoms with van der Waals surface area (Å²) in [4.78, 5) is 0. The zero-order chi connectivity index (χ0) is 10.5. The number of aliphatic hydroxyl groups is 1. The monoisotopic (exact) mass is 206 g/mol. The molecule has 2 rings (SSSR count). The van der Waals surface area contributed by atoms with Gasteiger partial charge in [0.25, 0.3) is 0 Å². The van der Waals surface area contributed by atoms with Gasteiger partial charge in [0, 0.05) is 12.5 Å². The molecule has 0 aromatic heterocycles. The van der Waals surface area contributed by atoms with E-state index in [1.54, 1.807) is 0 Å². The van der Waals surface area contributed by atoms with Crippen molar-refractivity contribution in [3.8, 4) is 0 Å². The summed E-state index contributed by atoms with van der Waals surface area (Å²) in [5, 5.41) is 9.38. The molecule has 1 heterocycles. The van der Waals surface area contributed by atoms with Crippen LogP contribution in [0.3, 0.4) is 0 Å². The second-order valence-electron chi connectivity index (χ2n) is 4.16. The summed E-state index contributed by atoms with van der Waals surface area (Å²) < 4.78 is 5.60. The molecule has 0 aliphatic carbocycles. The first-order chi connectivity index (χ1) is 7.40. The van der Waals surface area contributed by atoms with Crippen LogP contribution in [-0.4, -0.2) is 24.4 Å². The van der Waals surface area contributed by atoms with Crippen molar-refractivity contribution in [2.24, 2.45) is 0 Å². The molecule has 0 saturated carbocycles. The largest absolute Gasteiger partial charge is 0.396 e. The predicted molar refractivity (Wildman–Crippen MR) is 59.9 cm³/mol. The van der Waals surface area contributed by atoms with Crippen LogP contribution in [0.15, 0.2) is 30.3 Å². The standard InChI is InChI=1S/C13H18O2/c14-10-12(9-13-7-4-8-15-13)11-5-2-1-3-6-11/h1-3,5-6,12-14H,4,7-10H2. The van der Waals surface area contributed by atoms with E-state index in [0.29, 0.717) is 6.10 Å². The fourth-order valence-electron chi connectivity index (χ4n) is 2.19. The van der Waals surface area contributed by atoms with Gasteiger partial charge in [0.05, 0.1) is 12.7 Å². The molecule has 0 bridgehead atoms. The van der Waals surface area contributed by atoms with Crippen LogP contribution in [0.4, 0.5) is 0 Å². The van der Waals surface area contributed by atoms with E-state index in [2.05, 4.69) is 12.1 Å². The van der Waals surface area contributed by atoms with Crippen molar-refractivity contribution >= 4 is 0 Å². The third-order valence-corrected chi connectivity index (χ3v) is 3.06. The van der Waals surface area contributed by atoms with E-state index in [9.17, 15) is 5.11 Å². The maximum Gasteiger partial charge on any atom is 0.0582 e. The van der Waals surface area contributed by atoms with Crippen LogP contribution in [0.1, 0.15) is 30.7 Å². The summed E-state index contributed by atoms with van der Waals surface area (Å²) in [6.07, 6.45) is 3.60. The first-order valence-electron chi connectivity index (χ1n) is 5.67. The molecule has 15 heavy (non-hydrogen) atoms. The van der Waals surface area contributed by atoms with Gasteiger partial charge < -0.3 is 9.84 Å². The van der Waals surface area contributed by atoms with Gasteiger partial charge >= 0.3 is 0 Å². The fourth-order valence-corrected chi connectivity index (χ4v) is 2.19. The summed E-state index contributed by atoms with van der Waals surface area (Å²) in [5.41, 5.74) is 1.22. The molecular formula is C13H18O2. The van der Waals surface area contributed by atoms with Gasteiger partial charge in [0.2, 0.25) is 0 Å². The summed E-state index contributed by atoms with van der Waals surface area (Å²) in [7, 11) is 0. The molecule has 2 unspecified atom stereocenters. The van der Waals surface area contributed by atoms with Gasteiger partial charge in [-0.1, -0.05) is 30.3 Å². The van der Waals surface area contributed by atoms with Gasteiger partial charge in [-0.15, -0.1) is 0 Å². The number of hydrogen-bond donors (Lipinski definition) is 1. The molecule has 1 N–H and O–H groups in total. The first kappa shape index (κ1) is 10.7. The van der Waals surface area contributed by atoms with Gasteiger partial charge in [-0.05, 0) is 24.8 Å². The van der Waals surface area contributed by atoms with Crippen LogP contribution >= 0.6 is 0 Å². The Kier molecular flexibility index (Phi) is 3.75. The van der Waals surface area contributed by atoms with E-state index in [4.69, 9.17) is 4.74 Å². The van der Waals surface area contributed by atoms with Crippen LogP contribution < -0.4 is 0 Å². The van der Waals surface area contributed by atoms with E-state index in [0.717, 1.165) is 25.9 Å². The number of benzene rings is 1. The molecule has 0 spiro atoms. The highest BCUT2D eigenvalue weighted by Crippen LogP contribution is 2.26. The Hall–Kier alpha value is -0.860. The van der Waals surface area contributed by atoms with Crippen molar-refractivity contribution in [2.45, 2.75) is 31.3 Å². The Morgan fingerprint density at radius 1 is 1.33 bits per heavy atom. The molecule has 1 aromatic carbocycles. The number of ether oxygens (including phenoxy) is 1. The number of aliphatic hydroxyl groups excluding tert-OH is 1. The molecule has 82 valence electrons. The topological polar surface area (TPSA) is 29.5 Å². The van der Waals surface area contributed by atoms with E-state index in [1.165, 1.54) is 5.56 Å². The lowest BCUT2D eigenvalue weighted by Gasteiger charge is -2.18. The van der Waals surface area contributed by atoms with Crippen molar-refractivity contribution in [1.82, 2.24) is 0 Å². The Labute approximate surface area is 90.9 Å². The number of hydrogen-bond acceptors (Lipinski definition) is 2. The molecule has 1 aromatic rings. The second kappa shape index (κ2) is 5.29. The van der Waals surface area contributed by atoms with Crippen molar-refractivity contribution in [2.75, 3.05) is 13.2 Å². The normalized spacial score (nSPS) is 22.9. The van der Waals surface area contributed by atoms with E-state index < -0.39 is 0 Å². The Balaban J connectivity index is 1.97. The highest BCUT2D eigenvalue weighted by molar-refractivity contribution is 5.19. The zero-order valence-electron chi connectivity index (χ0n) is 8.93. The second-order valence-corrected chi connectivity index (χ2v) is 4.16. The molecular weight excluding hydrogens is 188 g/mol. The molecule has 2 atom stereocenters. The lowest BCUT2D eigenvalue weighted by molar-refractivity contribution is 0.0898. The molecule has 2 nitrogen and oxygen atoms in total. The molecule has 1 aliphatic rings.